The van der Waals surface area contributed by atoms with Crippen LogP contribution in [0, 0.1) is 12.7 Å². The molecule has 112 valence electrons. The van der Waals surface area contributed by atoms with Gasteiger partial charge in [0, 0.05) is 25.9 Å². The van der Waals surface area contributed by atoms with Gasteiger partial charge in [-0.15, -0.1) is 0 Å². The summed E-state index contributed by atoms with van der Waals surface area (Å²) in [5, 5.41) is 2.77. The molecule has 1 aromatic carbocycles. The quantitative estimate of drug-likeness (QED) is 0.781. The summed E-state index contributed by atoms with van der Waals surface area (Å²) in [5.41, 5.74) is 1.36. The van der Waals surface area contributed by atoms with Crippen molar-refractivity contribution in [3.63, 3.8) is 0 Å². The number of anilines is 1. The number of likely N-dealkylation sites (N-methyl/N-ethyl adjacent to an activating group) is 1. The molecule has 0 aliphatic heterocycles. The van der Waals surface area contributed by atoms with E-state index >= 15 is 0 Å². The van der Waals surface area contributed by atoms with Crippen LogP contribution < -0.4 is 5.32 Å². The molecule has 1 rings (SSSR count). The second-order valence-electron chi connectivity index (χ2n) is 4.95. The number of halogens is 1. The number of benzene rings is 1. The third kappa shape index (κ3) is 4.90. The van der Waals surface area contributed by atoms with E-state index in [0.29, 0.717) is 12.3 Å². The van der Waals surface area contributed by atoms with E-state index in [9.17, 15) is 9.18 Å². The molecule has 20 heavy (non-hydrogen) atoms. The van der Waals surface area contributed by atoms with Crippen LogP contribution in [-0.4, -0.2) is 44.2 Å². The van der Waals surface area contributed by atoms with Crippen molar-refractivity contribution in [2.45, 2.75) is 26.3 Å². The van der Waals surface area contributed by atoms with E-state index in [2.05, 4.69) is 5.32 Å². The Morgan fingerprint density at radius 3 is 2.85 bits per heavy atom. The molecule has 1 amide bonds. The van der Waals surface area contributed by atoms with Gasteiger partial charge in [0.2, 0.25) is 5.91 Å². The Morgan fingerprint density at radius 1 is 1.50 bits per heavy atom. The molecule has 0 spiro atoms. The number of nitrogens with one attached hydrogen (secondary N) is 1. The van der Waals surface area contributed by atoms with Crippen LogP contribution in [0.1, 0.15) is 18.9 Å². The van der Waals surface area contributed by atoms with E-state index in [1.54, 1.807) is 13.2 Å². The fraction of sp³-hybridized carbons (Fsp3) is 0.533. The number of hydrogen-bond acceptors (Lipinski definition) is 3. The molecule has 0 aromatic heterocycles. The van der Waals surface area contributed by atoms with Crippen LogP contribution in [0.2, 0.25) is 0 Å². The van der Waals surface area contributed by atoms with Crippen molar-refractivity contribution in [2.75, 3.05) is 32.6 Å². The zero-order chi connectivity index (χ0) is 15.1. The number of rotatable bonds is 7. The van der Waals surface area contributed by atoms with Gasteiger partial charge in [-0.25, -0.2) is 4.39 Å². The maximum atomic E-state index is 13.2. The number of carbonyl (C=O) groups is 1. The molecule has 0 saturated carbocycles. The predicted molar refractivity (Wildman–Crippen MR) is 78.4 cm³/mol. The van der Waals surface area contributed by atoms with Gasteiger partial charge < -0.3 is 10.1 Å². The zero-order valence-corrected chi connectivity index (χ0v) is 12.6. The van der Waals surface area contributed by atoms with Crippen molar-refractivity contribution in [2.24, 2.45) is 0 Å². The number of carbonyl (C=O) groups excluding carboxylic acids is 1. The molecule has 0 radical (unpaired) electrons. The molecule has 1 atom stereocenters. The van der Waals surface area contributed by atoms with Crippen LogP contribution in [0.15, 0.2) is 18.2 Å². The zero-order valence-electron chi connectivity index (χ0n) is 12.6. The highest BCUT2D eigenvalue weighted by Crippen LogP contribution is 2.16. The Hall–Kier alpha value is -1.46. The lowest BCUT2D eigenvalue weighted by Crippen LogP contribution is -2.40. The van der Waals surface area contributed by atoms with E-state index in [-0.39, 0.29) is 17.8 Å². The molecule has 1 N–H and O–H groups in total. The molecule has 0 aliphatic rings. The third-order valence-electron chi connectivity index (χ3n) is 3.36. The Kier molecular flexibility index (Phi) is 6.61. The smallest absolute Gasteiger partial charge is 0.241 e. The molecule has 5 heteroatoms. The van der Waals surface area contributed by atoms with Crippen LogP contribution in [0.5, 0.6) is 0 Å². The van der Waals surface area contributed by atoms with Gasteiger partial charge in [0.15, 0.2) is 0 Å². The molecule has 0 saturated heterocycles. The first-order valence-electron chi connectivity index (χ1n) is 6.72. The van der Waals surface area contributed by atoms with E-state index in [4.69, 9.17) is 4.74 Å². The Bertz CT molecular complexity index is 451. The molecule has 0 heterocycles. The average Bonchev–Trinajstić information content (AvgIpc) is 2.42. The first-order chi connectivity index (χ1) is 9.45. The van der Waals surface area contributed by atoms with Crippen molar-refractivity contribution >= 4 is 11.6 Å². The highest BCUT2D eigenvalue weighted by molar-refractivity contribution is 5.95. The predicted octanol–water partition coefficient (Wildman–Crippen LogP) is 2.43. The maximum absolute atomic E-state index is 13.2. The van der Waals surface area contributed by atoms with Crippen molar-refractivity contribution in [1.82, 2.24) is 4.90 Å². The Morgan fingerprint density at radius 2 is 2.20 bits per heavy atom. The summed E-state index contributed by atoms with van der Waals surface area (Å²) in [6, 6.07) is 4.09. The van der Waals surface area contributed by atoms with Crippen LogP contribution in [0.4, 0.5) is 10.1 Å². The first-order valence-corrected chi connectivity index (χ1v) is 6.72. The molecule has 0 fully saturated rings. The largest absolute Gasteiger partial charge is 0.385 e. The van der Waals surface area contributed by atoms with Gasteiger partial charge in [-0.05, 0) is 45.0 Å². The van der Waals surface area contributed by atoms with Gasteiger partial charge in [-0.1, -0.05) is 6.07 Å². The van der Waals surface area contributed by atoms with Crippen LogP contribution in [0.3, 0.4) is 0 Å². The molecule has 0 aliphatic carbocycles. The number of methoxy groups -OCH3 is 1. The molecule has 0 bridgehead atoms. The van der Waals surface area contributed by atoms with Gasteiger partial charge in [0.1, 0.15) is 5.82 Å². The summed E-state index contributed by atoms with van der Waals surface area (Å²) in [7, 11) is 3.54. The Balaban J connectivity index is 2.58. The summed E-state index contributed by atoms with van der Waals surface area (Å²) in [6.07, 6.45) is 0.865. The summed E-state index contributed by atoms with van der Waals surface area (Å²) in [6.45, 7) is 5.10. The number of amides is 1. The standard InChI is InChI=1S/C15H23FN2O2/c1-11-6-7-13(16)10-14(11)17-15(19)12(2)18(3)8-5-9-20-4/h6-7,10,12H,5,8-9H2,1-4H3,(H,17,19). The van der Waals surface area contributed by atoms with Gasteiger partial charge in [0.05, 0.1) is 6.04 Å². The Labute approximate surface area is 119 Å². The molecule has 4 nitrogen and oxygen atoms in total. The van der Waals surface area contributed by atoms with Crippen LogP contribution >= 0.6 is 0 Å². The first kappa shape index (κ1) is 16.6. The minimum Gasteiger partial charge on any atom is -0.385 e. The third-order valence-corrected chi connectivity index (χ3v) is 3.36. The van der Waals surface area contributed by atoms with E-state index in [0.717, 1.165) is 18.5 Å². The fourth-order valence-electron chi connectivity index (χ4n) is 1.82. The lowest BCUT2D eigenvalue weighted by molar-refractivity contribution is -0.120. The van der Waals surface area contributed by atoms with Crippen molar-refractivity contribution in [3.8, 4) is 0 Å². The monoisotopic (exact) mass is 282 g/mol. The summed E-state index contributed by atoms with van der Waals surface area (Å²) < 4.78 is 18.2. The van der Waals surface area contributed by atoms with Gasteiger partial charge in [0.25, 0.3) is 0 Å². The van der Waals surface area contributed by atoms with Gasteiger partial charge in [-0.3, -0.25) is 9.69 Å². The van der Waals surface area contributed by atoms with Crippen molar-refractivity contribution in [1.29, 1.82) is 0 Å². The van der Waals surface area contributed by atoms with Gasteiger partial charge in [-0.2, -0.15) is 0 Å². The fourth-order valence-corrected chi connectivity index (χ4v) is 1.82. The summed E-state index contributed by atoms with van der Waals surface area (Å²) in [4.78, 5) is 14.1. The van der Waals surface area contributed by atoms with Crippen LogP contribution in [-0.2, 0) is 9.53 Å². The lowest BCUT2D eigenvalue weighted by atomic mass is 10.2. The number of aryl methyl sites for hydroxylation is 1. The van der Waals surface area contributed by atoms with Crippen LogP contribution in [0.25, 0.3) is 0 Å². The number of ether oxygens (including phenoxy) is 1. The second kappa shape index (κ2) is 7.97. The van der Waals surface area contributed by atoms with E-state index < -0.39 is 0 Å². The normalized spacial score (nSPS) is 12.5. The highest BCUT2D eigenvalue weighted by Gasteiger charge is 2.18. The molecular formula is C15H23FN2O2. The lowest BCUT2D eigenvalue weighted by Gasteiger charge is -2.24. The number of nitrogens with zero attached hydrogens (tertiary/aromatic N) is 1. The minimum atomic E-state index is -0.355. The summed E-state index contributed by atoms with van der Waals surface area (Å²) >= 11 is 0. The topological polar surface area (TPSA) is 41.6 Å². The minimum absolute atomic E-state index is 0.140. The average molecular weight is 282 g/mol. The second-order valence-corrected chi connectivity index (χ2v) is 4.95. The number of hydrogen-bond donors (Lipinski definition) is 1. The molecule has 1 unspecified atom stereocenters. The van der Waals surface area contributed by atoms with Gasteiger partial charge >= 0.3 is 0 Å². The maximum Gasteiger partial charge on any atom is 0.241 e. The molecule has 1 aromatic rings. The highest BCUT2D eigenvalue weighted by atomic mass is 19.1. The SMILES string of the molecule is COCCCN(C)C(C)C(=O)Nc1cc(F)ccc1C. The van der Waals surface area contributed by atoms with Crippen molar-refractivity contribution in [3.05, 3.63) is 29.6 Å². The molecular weight excluding hydrogens is 259 g/mol. The summed E-state index contributed by atoms with van der Waals surface area (Å²) in [5.74, 6) is -0.495. The van der Waals surface area contributed by atoms with E-state index in [1.807, 2.05) is 25.8 Å². The van der Waals surface area contributed by atoms with E-state index in [1.165, 1.54) is 12.1 Å². The van der Waals surface area contributed by atoms with Crippen molar-refractivity contribution < 1.29 is 13.9 Å².